The predicted octanol–water partition coefficient (Wildman–Crippen LogP) is 2.78. The van der Waals surface area contributed by atoms with Gasteiger partial charge in [-0.25, -0.2) is 0 Å². The molecule has 1 aromatic rings. The first-order chi connectivity index (χ1) is 7.77. The highest BCUT2D eigenvalue weighted by Gasteiger charge is 2.05. The molecule has 88 valence electrons. The van der Waals surface area contributed by atoms with Crippen LogP contribution in [0.2, 0.25) is 0 Å². The molecule has 0 atom stereocenters. The van der Waals surface area contributed by atoms with Crippen LogP contribution >= 0.6 is 0 Å². The molecule has 0 unspecified atom stereocenters. The zero-order chi connectivity index (χ0) is 11.8. The Kier molecular flexibility index (Phi) is 5.57. The Balaban J connectivity index is 2.49. The molecule has 0 aliphatic heterocycles. The molecule has 0 aliphatic carbocycles. The number of hydrogen-bond donors (Lipinski definition) is 1. The summed E-state index contributed by atoms with van der Waals surface area (Å²) in [6.07, 6.45) is 3.77. The summed E-state index contributed by atoms with van der Waals surface area (Å²) in [5.41, 5.74) is 0.710. The van der Waals surface area contributed by atoms with Crippen molar-refractivity contribution < 1.29 is 14.6 Å². The van der Waals surface area contributed by atoms with Gasteiger partial charge in [-0.2, -0.15) is 0 Å². The number of hydrogen-bond acceptors (Lipinski definition) is 3. The van der Waals surface area contributed by atoms with Crippen LogP contribution in [-0.4, -0.2) is 17.7 Å². The lowest BCUT2D eigenvalue weighted by atomic mass is 10.0. The van der Waals surface area contributed by atoms with Gasteiger partial charge in [-0.3, -0.25) is 4.79 Å². The Morgan fingerprint density at radius 1 is 1.25 bits per heavy atom. The van der Waals surface area contributed by atoms with Gasteiger partial charge in [0, 0.05) is 12.0 Å². The minimum atomic E-state index is -0.343. The van der Waals surface area contributed by atoms with Crippen molar-refractivity contribution >= 4 is 5.78 Å². The minimum absolute atomic E-state index is 0.170. The highest BCUT2D eigenvalue weighted by Crippen LogP contribution is 2.14. The second kappa shape index (κ2) is 7.01. The van der Waals surface area contributed by atoms with Crippen molar-refractivity contribution in [2.45, 2.75) is 32.6 Å². The third-order valence-electron chi connectivity index (χ3n) is 2.41. The van der Waals surface area contributed by atoms with Crippen LogP contribution in [-0.2, 0) is 0 Å². The normalized spacial score (nSPS) is 10.1. The molecule has 0 aliphatic rings. The Morgan fingerprint density at radius 2 is 1.94 bits per heavy atom. The summed E-state index contributed by atoms with van der Waals surface area (Å²) in [5.74, 6) is 0.747. The molecule has 1 rings (SSSR count). The first-order valence-corrected chi connectivity index (χ1v) is 5.65. The quantitative estimate of drug-likeness (QED) is 0.438. The van der Waals surface area contributed by atoms with Crippen molar-refractivity contribution in [3.05, 3.63) is 29.8 Å². The number of ether oxygens (including phenoxy) is 1. The average molecular weight is 222 g/mol. The highest BCUT2D eigenvalue weighted by atomic mass is 16.6. The van der Waals surface area contributed by atoms with Gasteiger partial charge < -0.3 is 9.84 Å². The summed E-state index contributed by atoms with van der Waals surface area (Å²) >= 11 is 0. The molecule has 1 aromatic carbocycles. The largest absolute Gasteiger partial charge is 0.468 e. The summed E-state index contributed by atoms with van der Waals surface area (Å²) in [6.45, 7) is 1.77. The average Bonchev–Trinajstić information content (AvgIpc) is 2.30. The molecular formula is C13H18O3. The van der Waals surface area contributed by atoms with Crippen LogP contribution in [0.3, 0.4) is 0 Å². The maximum Gasteiger partial charge on any atom is 0.186 e. The third-order valence-corrected chi connectivity index (χ3v) is 2.41. The second-order valence-electron chi connectivity index (χ2n) is 3.68. The van der Waals surface area contributed by atoms with Gasteiger partial charge in [-0.05, 0) is 30.7 Å². The Labute approximate surface area is 96.1 Å². The standard InChI is InChI=1S/C13H18O3/c1-2-3-4-5-13(15)11-6-8-12(9-7-11)16-10-14/h6-9,14H,2-5,10H2,1H3. The van der Waals surface area contributed by atoms with Crippen LogP contribution in [0.15, 0.2) is 24.3 Å². The van der Waals surface area contributed by atoms with Crippen LogP contribution in [0.5, 0.6) is 5.75 Å². The highest BCUT2D eigenvalue weighted by molar-refractivity contribution is 5.96. The Bertz CT molecular complexity index is 316. The molecule has 16 heavy (non-hydrogen) atoms. The van der Waals surface area contributed by atoms with E-state index in [1.54, 1.807) is 24.3 Å². The van der Waals surface area contributed by atoms with Gasteiger partial charge >= 0.3 is 0 Å². The van der Waals surface area contributed by atoms with Crippen molar-refractivity contribution in [3.63, 3.8) is 0 Å². The van der Waals surface area contributed by atoms with E-state index in [1.807, 2.05) is 0 Å². The topological polar surface area (TPSA) is 46.5 Å². The third kappa shape index (κ3) is 4.03. The zero-order valence-electron chi connectivity index (χ0n) is 9.61. The van der Waals surface area contributed by atoms with E-state index in [0.717, 1.165) is 19.3 Å². The van der Waals surface area contributed by atoms with Gasteiger partial charge in [-0.15, -0.1) is 0 Å². The molecule has 0 fully saturated rings. The van der Waals surface area contributed by atoms with E-state index in [1.165, 1.54) is 0 Å². The maximum atomic E-state index is 11.7. The van der Waals surface area contributed by atoms with Crippen molar-refractivity contribution in [1.82, 2.24) is 0 Å². The number of aliphatic hydroxyl groups is 1. The van der Waals surface area contributed by atoms with E-state index < -0.39 is 0 Å². The smallest absolute Gasteiger partial charge is 0.186 e. The number of carbonyl (C=O) groups is 1. The van der Waals surface area contributed by atoms with Crippen molar-refractivity contribution in [1.29, 1.82) is 0 Å². The molecule has 0 bridgehead atoms. The SMILES string of the molecule is CCCCCC(=O)c1ccc(OCO)cc1. The number of aliphatic hydroxyl groups excluding tert-OH is 1. The molecule has 0 radical (unpaired) electrons. The van der Waals surface area contributed by atoms with Gasteiger partial charge in [0.05, 0.1) is 0 Å². The molecule has 3 heteroatoms. The summed E-state index contributed by atoms with van der Waals surface area (Å²) < 4.78 is 4.88. The van der Waals surface area contributed by atoms with E-state index in [2.05, 4.69) is 6.92 Å². The number of unbranched alkanes of at least 4 members (excludes halogenated alkanes) is 2. The van der Waals surface area contributed by atoms with Crippen molar-refractivity contribution in [2.75, 3.05) is 6.79 Å². The molecule has 0 spiro atoms. The fraction of sp³-hybridized carbons (Fsp3) is 0.462. The molecule has 0 saturated carbocycles. The molecule has 0 saturated heterocycles. The van der Waals surface area contributed by atoms with Crippen LogP contribution in [0, 0.1) is 0 Å². The predicted molar refractivity (Wildman–Crippen MR) is 62.6 cm³/mol. The lowest BCUT2D eigenvalue weighted by Gasteiger charge is -2.03. The summed E-state index contributed by atoms with van der Waals surface area (Å²) in [5, 5.41) is 8.55. The zero-order valence-corrected chi connectivity index (χ0v) is 9.61. The van der Waals surface area contributed by atoms with Crippen molar-refractivity contribution in [2.24, 2.45) is 0 Å². The summed E-state index contributed by atoms with van der Waals surface area (Å²) in [6, 6.07) is 6.87. The van der Waals surface area contributed by atoms with E-state index in [4.69, 9.17) is 9.84 Å². The molecule has 3 nitrogen and oxygen atoms in total. The number of carbonyl (C=O) groups excluding carboxylic acids is 1. The van der Waals surface area contributed by atoms with Crippen LogP contribution in [0.4, 0.5) is 0 Å². The number of benzene rings is 1. The fourth-order valence-corrected chi connectivity index (χ4v) is 1.49. The first kappa shape index (κ1) is 12.7. The lowest BCUT2D eigenvalue weighted by Crippen LogP contribution is -1.99. The number of Topliss-reactive ketones (excluding diaryl/α,β-unsaturated/α-hetero) is 1. The maximum absolute atomic E-state index is 11.7. The van der Waals surface area contributed by atoms with Crippen LogP contribution < -0.4 is 4.74 Å². The molecule has 0 aromatic heterocycles. The fourth-order valence-electron chi connectivity index (χ4n) is 1.49. The van der Waals surface area contributed by atoms with Gasteiger partial charge in [0.2, 0.25) is 0 Å². The summed E-state index contributed by atoms with van der Waals surface area (Å²) in [4.78, 5) is 11.7. The Hall–Kier alpha value is -1.35. The van der Waals surface area contributed by atoms with Gasteiger partial charge in [0.25, 0.3) is 0 Å². The van der Waals surface area contributed by atoms with E-state index >= 15 is 0 Å². The van der Waals surface area contributed by atoms with Gasteiger partial charge in [-0.1, -0.05) is 19.8 Å². The van der Waals surface area contributed by atoms with Gasteiger partial charge in [0.1, 0.15) is 5.75 Å². The molecule has 0 amide bonds. The monoisotopic (exact) mass is 222 g/mol. The molecule has 0 heterocycles. The minimum Gasteiger partial charge on any atom is -0.468 e. The van der Waals surface area contributed by atoms with Crippen molar-refractivity contribution in [3.8, 4) is 5.75 Å². The lowest BCUT2D eigenvalue weighted by molar-refractivity contribution is 0.0976. The molecule has 1 N–H and O–H groups in total. The second-order valence-corrected chi connectivity index (χ2v) is 3.68. The van der Waals surface area contributed by atoms with E-state index in [9.17, 15) is 4.79 Å². The van der Waals surface area contributed by atoms with E-state index in [-0.39, 0.29) is 12.6 Å². The summed E-state index contributed by atoms with van der Waals surface area (Å²) in [7, 11) is 0. The van der Waals surface area contributed by atoms with Crippen LogP contribution in [0.25, 0.3) is 0 Å². The van der Waals surface area contributed by atoms with E-state index in [0.29, 0.717) is 17.7 Å². The Morgan fingerprint density at radius 3 is 2.50 bits per heavy atom. The first-order valence-electron chi connectivity index (χ1n) is 5.65. The van der Waals surface area contributed by atoms with Crippen LogP contribution in [0.1, 0.15) is 43.0 Å². The molecular weight excluding hydrogens is 204 g/mol. The van der Waals surface area contributed by atoms with Gasteiger partial charge in [0.15, 0.2) is 12.6 Å². The number of rotatable bonds is 7. The number of ketones is 1.